The number of carbonyl (C=O) groups is 2. The lowest BCUT2D eigenvalue weighted by Crippen LogP contribution is -2.38. The Labute approximate surface area is 261 Å². The Kier molecular flexibility index (Phi) is 10.3. The van der Waals surface area contributed by atoms with Crippen LogP contribution in [0.1, 0.15) is 62.0 Å². The number of sulfonamides is 1. The third kappa shape index (κ3) is 7.19. The van der Waals surface area contributed by atoms with Crippen molar-refractivity contribution in [2.75, 3.05) is 22.9 Å². The fourth-order valence-electron chi connectivity index (χ4n) is 5.01. The molecule has 4 rings (SSSR count). The van der Waals surface area contributed by atoms with Crippen LogP contribution in [0.4, 0.5) is 11.4 Å². The largest absolute Gasteiger partial charge is 0.497 e. The fourth-order valence-corrected chi connectivity index (χ4v) is 6.69. The van der Waals surface area contributed by atoms with Crippen molar-refractivity contribution in [2.45, 2.75) is 57.3 Å². The summed E-state index contributed by atoms with van der Waals surface area (Å²) in [5.41, 5.74) is 2.89. The average Bonchev–Trinajstić information content (AvgIpc) is 3.03. The van der Waals surface area contributed by atoms with Gasteiger partial charge in [0.25, 0.3) is 15.9 Å². The molecule has 4 aromatic carbocycles. The maximum Gasteiger partial charge on any atom is 0.266 e. The predicted molar refractivity (Wildman–Crippen MR) is 176 cm³/mol. The minimum absolute atomic E-state index is 0.00221. The van der Waals surface area contributed by atoms with E-state index in [4.69, 9.17) is 4.74 Å². The van der Waals surface area contributed by atoms with Gasteiger partial charge in [0.2, 0.25) is 5.91 Å². The van der Waals surface area contributed by atoms with Gasteiger partial charge in [-0.2, -0.15) is 0 Å². The van der Waals surface area contributed by atoms with Gasteiger partial charge in [-0.1, -0.05) is 75.4 Å². The molecule has 0 radical (unpaired) electrons. The maximum atomic E-state index is 14.6. The van der Waals surface area contributed by atoms with Gasteiger partial charge < -0.3 is 4.74 Å². The van der Waals surface area contributed by atoms with Crippen molar-refractivity contribution in [1.82, 2.24) is 0 Å². The molecule has 0 aliphatic heterocycles. The van der Waals surface area contributed by atoms with Gasteiger partial charge in [-0.25, -0.2) is 13.3 Å². The molecule has 0 N–H and O–H groups in total. The van der Waals surface area contributed by atoms with E-state index in [1.54, 1.807) is 36.4 Å². The maximum absolute atomic E-state index is 14.6. The van der Waals surface area contributed by atoms with Crippen LogP contribution < -0.4 is 13.9 Å². The molecule has 230 valence electrons. The number of hydrogen-bond donors (Lipinski definition) is 0. The van der Waals surface area contributed by atoms with Crippen molar-refractivity contribution in [2.24, 2.45) is 0 Å². The van der Waals surface area contributed by atoms with E-state index in [-0.39, 0.29) is 28.1 Å². The topological polar surface area (TPSA) is 84.0 Å². The highest BCUT2D eigenvalue weighted by molar-refractivity contribution is 7.93. The highest BCUT2D eigenvalue weighted by Crippen LogP contribution is 2.34. The minimum atomic E-state index is -4.23. The summed E-state index contributed by atoms with van der Waals surface area (Å²) in [6, 6.07) is 30.0. The van der Waals surface area contributed by atoms with Crippen LogP contribution >= 0.6 is 0 Å². The number of amides is 2. The van der Waals surface area contributed by atoms with Crippen LogP contribution in [-0.4, -0.2) is 33.9 Å². The van der Waals surface area contributed by atoms with Crippen LogP contribution in [0.2, 0.25) is 0 Å². The summed E-state index contributed by atoms with van der Waals surface area (Å²) in [6.07, 6.45) is 2.18. The van der Waals surface area contributed by atoms with Crippen molar-refractivity contribution < 1.29 is 22.7 Å². The van der Waals surface area contributed by atoms with Gasteiger partial charge in [0.15, 0.2) is 0 Å². The second kappa shape index (κ2) is 13.9. The average molecular weight is 613 g/mol. The lowest BCUT2D eigenvalue weighted by Gasteiger charge is -2.29. The minimum Gasteiger partial charge on any atom is -0.497 e. The molecule has 0 fully saturated rings. The molecule has 2 amide bonds. The van der Waals surface area contributed by atoms with E-state index in [0.717, 1.165) is 22.4 Å². The van der Waals surface area contributed by atoms with Gasteiger partial charge >= 0.3 is 0 Å². The first-order valence-electron chi connectivity index (χ1n) is 14.7. The number of para-hydroxylation sites is 1. The Morgan fingerprint density at radius 2 is 1.43 bits per heavy atom. The standard InChI is InChI=1S/C36H40N2O5S/c1-6-36(3,4)30-20-22-31(23-21-30)37(26-12-15-28-13-8-7-9-14-28)44(41,42)34-17-11-10-16-33(34)38(27(2)39)35(40)29-18-24-32(43-5)25-19-29/h7-11,13-14,16-25H,6,12,15,26H2,1-5H3. The molecule has 0 spiro atoms. The summed E-state index contributed by atoms with van der Waals surface area (Å²) < 4.78 is 35.7. The lowest BCUT2D eigenvalue weighted by molar-refractivity contribution is -0.116. The van der Waals surface area contributed by atoms with Crippen molar-refractivity contribution in [1.29, 1.82) is 0 Å². The number of anilines is 2. The smallest absolute Gasteiger partial charge is 0.266 e. The first-order valence-corrected chi connectivity index (χ1v) is 16.2. The summed E-state index contributed by atoms with van der Waals surface area (Å²) in [6.45, 7) is 7.88. The molecule has 0 aliphatic carbocycles. The zero-order valence-electron chi connectivity index (χ0n) is 26.0. The van der Waals surface area contributed by atoms with E-state index >= 15 is 0 Å². The molecular formula is C36H40N2O5S. The zero-order valence-corrected chi connectivity index (χ0v) is 26.8. The molecule has 44 heavy (non-hydrogen) atoms. The first kappa shape index (κ1) is 32.5. The van der Waals surface area contributed by atoms with E-state index in [9.17, 15) is 18.0 Å². The number of imide groups is 1. The van der Waals surface area contributed by atoms with E-state index in [1.165, 1.54) is 30.5 Å². The molecule has 7 nitrogen and oxygen atoms in total. The monoisotopic (exact) mass is 612 g/mol. The Morgan fingerprint density at radius 3 is 2.02 bits per heavy atom. The Hall–Kier alpha value is -4.43. The number of nitrogens with zero attached hydrogens (tertiary/aromatic N) is 2. The third-order valence-electron chi connectivity index (χ3n) is 8.02. The van der Waals surface area contributed by atoms with Crippen molar-refractivity contribution in [3.8, 4) is 5.75 Å². The number of hydrogen-bond acceptors (Lipinski definition) is 5. The van der Waals surface area contributed by atoms with Gasteiger partial charge in [-0.05, 0) is 84.3 Å². The van der Waals surface area contributed by atoms with E-state index < -0.39 is 21.8 Å². The molecule has 0 aliphatic rings. The van der Waals surface area contributed by atoms with Crippen LogP contribution in [0.25, 0.3) is 0 Å². The molecule has 4 aromatic rings. The Bertz CT molecular complexity index is 1680. The Morgan fingerprint density at radius 1 is 0.818 bits per heavy atom. The van der Waals surface area contributed by atoms with Crippen LogP contribution in [-0.2, 0) is 26.7 Å². The number of methoxy groups -OCH3 is 1. The molecule has 0 heterocycles. The molecule has 0 unspecified atom stereocenters. The SMILES string of the molecule is CCC(C)(C)c1ccc(N(CCCc2ccccc2)S(=O)(=O)c2ccccc2N(C(C)=O)C(=O)c2ccc(OC)cc2)cc1. The second-order valence-electron chi connectivity index (χ2n) is 11.3. The summed E-state index contributed by atoms with van der Waals surface area (Å²) in [5, 5.41) is 0. The Balaban J connectivity index is 1.77. The van der Waals surface area contributed by atoms with Crippen molar-refractivity contribution in [3.63, 3.8) is 0 Å². The third-order valence-corrected chi connectivity index (χ3v) is 9.89. The summed E-state index contributed by atoms with van der Waals surface area (Å²) in [5.74, 6) is -0.682. The van der Waals surface area contributed by atoms with Crippen LogP contribution in [0.3, 0.4) is 0 Å². The first-order chi connectivity index (χ1) is 21.0. The zero-order chi connectivity index (χ0) is 31.9. The number of ether oxygens (including phenoxy) is 1. The molecule has 0 saturated carbocycles. The molecule has 8 heteroatoms. The van der Waals surface area contributed by atoms with E-state index in [2.05, 4.69) is 20.8 Å². The van der Waals surface area contributed by atoms with Crippen molar-refractivity contribution in [3.05, 3.63) is 120 Å². The van der Waals surface area contributed by atoms with Crippen molar-refractivity contribution >= 4 is 33.2 Å². The van der Waals surface area contributed by atoms with Crippen LogP contribution in [0.5, 0.6) is 5.75 Å². The molecular weight excluding hydrogens is 572 g/mol. The molecule has 0 saturated heterocycles. The lowest BCUT2D eigenvalue weighted by atomic mass is 9.82. The molecule has 0 atom stereocenters. The van der Waals surface area contributed by atoms with E-state index in [1.807, 2.05) is 54.6 Å². The number of aryl methyl sites for hydroxylation is 1. The molecule has 0 bridgehead atoms. The number of benzene rings is 4. The quantitative estimate of drug-likeness (QED) is 0.166. The van der Waals surface area contributed by atoms with Gasteiger partial charge in [-0.15, -0.1) is 0 Å². The summed E-state index contributed by atoms with van der Waals surface area (Å²) >= 11 is 0. The summed E-state index contributed by atoms with van der Waals surface area (Å²) in [4.78, 5) is 27.4. The number of carbonyl (C=O) groups excluding carboxylic acids is 2. The normalized spacial score (nSPS) is 11.6. The highest BCUT2D eigenvalue weighted by Gasteiger charge is 2.33. The number of rotatable bonds is 12. The van der Waals surface area contributed by atoms with Gasteiger partial charge in [0, 0.05) is 19.0 Å². The summed E-state index contributed by atoms with van der Waals surface area (Å²) in [7, 11) is -2.71. The van der Waals surface area contributed by atoms with Crippen LogP contribution in [0, 0.1) is 0 Å². The van der Waals surface area contributed by atoms with Gasteiger partial charge in [0.1, 0.15) is 10.6 Å². The highest BCUT2D eigenvalue weighted by atomic mass is 32.2. The van der Waals surface area contributed by atoms with Crippen LogP contribution in [0.15, 0.2) is 108 Å². The van der Waals surface area contributed by atoms with E-state index in [0.29, 0.717) is 24.3 Å². The van der Waals surface area contributed by atoms with Gasteiger partial charge in [-0.3, -0.25) is 13.9 Å². The predicted octanol–water partition coefficient (Wildman–Crippen LogP) is 7.40. The molecule has 0 aromatic heterocycles. The fraction of sp³-hybridized carbons (Fsp3) is 0.278. The second-order valence-corrected chi connectivity index (χ2v) is 13.1. The van der Waals surface area contributed by atoms with Gasteiger partial charge in [0.05, 0.1) is 18.5 Å².